The molecule has 0 spiro atoms. The average Bonchev–Trinajstić information content (AvgIpc) is 2.60. The van der Waals surface area contributed by atoms with E-state index in [2.05, 4.69) is 31.7 Å². The van der Waals surface area contributed by atoms with Crippen molar-refractivity contribution in [1.82, 2.24) is 9.80 Å². The predicted octanol–water partition coefficient (Wildman–Crippen LogP) is 2.75. The molecule has 6 nitrogen and oxygen atoms in total. The molecule has 136 valence electrons. The Labute approximate surface area is 153 Å². The summed E-state index contributed by atoms with van der Waals surface area (Å²) in [6.07, 6.45) is 3.75. The highest BCUT2D eigenvalue weighted by molar-refractivity contribution is 6.30. The number of anilines is 1. The summed E-state index contributed by atoms with van der Waals surface area (Å²) >= 11 is 0. The van der Waals surface area contributed by atoms with Gasteiger partial charge in [-0.15, -0.1) is 0 Å². The number of benzene rings is 1. The van der Waals surface area contributed by atoms with Crippen molar-refractivity contribution < 1.29 is 14.4 Å². The molecule has 0 bridgehead atoms. The largest absolute Gasteiger partial charge is 0.366 e. The van der Waals surface area contributed by atoms with Crippen LogP contribution in [0.1, 0.15) is 31.9 Å². The summed E-state index contributed by atoms with van der Waals surface area (Å²) in [4.78, 5) is 40.7. The molecular formula is C20H23N3O3. The van der Waals surface area contributed by atoms with Gasteiger partial charge in [0, 0.05) is 32.4 Å². The number of likely N-dealkylation sites (N-methyl/N-ethyl adjacent to an activating group) is 3. The topological polar surface area (TPSA) is 60.9 Å². The van der Waals surface area contributed by atoms with E-state index in [9.17, 15) is 14.4 Å². The monoisotopic (exact) mass is 353 g/mol. The molecule has 3 rings (SSSR count). The van der Waals surface area contributed by atoms with Gasteiger partial charge in [0.2, 0.25) is 0 Å². The molecule has 0 unspecified atom stereocenters. The lowest BCUT2D eigenvalue weighted by Gasteiger charge is -2.40. The van der Waals surface area contributed by atoms with Gasteiger partial charge in [0.1, 0.15) is 5.57 Å². The molecule has 0 aromatic heterocycles. The molecule has 1 aromatic carbocycles. The SMILES string of the molecule is CC1=CC(C)(C)N(C)c2ccc(C=C3C(=O)N(C)C(=O)N(C)C3=O)cc21. The number of hydrogen-bond acceptors (Lipinski definition) is 4. The number of nitrogens with zero attached hydrogens (tertiary/aromatic N) is 3. The Morgan fingerprint density at radius 1 is 0.962 bits per heavy atom. The Morgan fingerprint density at radius 3 is 2.12 bits per heavy atom. The lowest BCUT2D eigenvalue weighted by Crippen LogP contribution is -2.52. The van der Waals surface area contributed by atoms with Gasteiger partial charge < -0.3 is 4.90 Å². The van der Waals surface area contributed by atoms with Crippen molar-refractivity contribution in [2.75, 3.05) is 26.0 Å². The molecule has 6 heteroatoms. The zero-order chi connectivity index (χ0) is 19.4. The number of amides is 4. The van der Waals surface area contributed by atoms with E-state index in [0.29, 0.717) is 0 Å². The van der Waals surface area contributed by atoms with Crippen LogP contribution in [0.3, 0.4) is 0 Å². The van der Waals surface area contributed by atoms with Crippen molar-refractivity contribution in [3.63, 3.8) is 0 Å². The van der Waals surface area contributed by atoms with E-state index >= 15 is 0 Å². The van der Waals surface area contributed by atoms with Crippen LogP contribution in [0.4, 0.5) is 10.5 Å². The number of barbiturate groups is 1. The van der Waals surface area contributed by atoms with E-state index in [4.69, 9.17) is 0 Å². The molecule has 0 radical (unpaired) electrons. The number of allylic oxidation sites excluding steroid dienone is 1. The fourth-order valence-electron chi connectivity index (χ4n) is 3.41. The molecule has 2 heterocycles. The van der Waals surface area contributed by atoms with E-state index < -0.39 is 17.8 Å². The van der Waals surface area contributed by atoms with E-state index in [1.807, 2.05) is 25.2 Å². The third-order valence-corrected chi connectivity index (χ3v) is 5.20. The molecule has 0 N–H and O–H groups in total. The van der Waals surface area contributed by atoms with Gasteiger partial charge in [0.05, 0.1) is 5.54 Å². The average molecular weight is 353 g/mol. The molecule has 1 saturated heterocycles. The zero-order valence-corrected chi connectivity index (χ0v) is 16.0. The van der Waals surface area contributed by atoms with E-state index in [0.717, 1.165) is 32.2 Å². The number of urea groups is 1. The van der Waals surface area contributed by atoms with Gasteiger partial charge >= 0.3 is 6.03 Å². The predicted molar refractivity (Wildman–Crippen MR) is 101 cm³/mol. The highest BCUT2D eigenvalue weighted by Crippen LogP contribution is 2.38. The summed E-state index contributed by atoms with van der Waals surface area (Å²) in [6, 6.07) is 5.23. The van der Waals surface area contributed by atoms with Crippen LogP contribution in [0.5, 0.6) is 0 Å². The van der Waals surface area contributed by atoms with Crippen molar-refractivity contribution in [2.45, 2.75) is 26.3 Å². The highest BCUT2D eigenvalue weighted by Gasteiger charge is 2.38. The van der Waals surface area contributed by atoms with Gasteiger partial charge in [-0.05, 0) is 50.1 Å². The number of carbonyl (C=O) groups is 3. The molecular weight excluding hydrogens is 330 g/mol. The first kappa shape index (κ1) is 17.9. The van der Waals surface area contributed by atoms with E-state index in [1.165, 1.54) is 14.1 Å². The summed E-state index contributed by atoms with van der Waals surface area (Å²) in [5, 5.41) is 0. The van der Waals surface area contributed by atoms with Gasteiger partial charge in [-0.25, -0.2) is 4.79 Å². The lowest BCUT2D eigenvalue weighted by atomic mass is 9.88. The van der Waals surface area contributed by atoms with Crippen LogP contribution in [0.15, 0.2) is 29.8 Å². The second-order valence-corrected chi connectivity index (χ2v) is 7.39. The van der Waals surface area contributed by atoms with Crippen LogP contribution in [0, 0.1) is 0 Å². The van der Waals surface area contributed by atoms with Crippen LogP contribution >= 0.6 is 0 Å². The Bertz CT molecular complexity index is 870. The second kappa shape index (κ2) is 5.83. The minimum absolute atomic E-state index is 0.0133. The lowest BCUT2D eigenvalue weighted by molar-refractivity contribution is -0.134. The Balaban J connectivity index is 2.06. The standard InChI is InChI=1S/C20H23N3O3/c1-12-11-20(2,3)23(6)16-8-7-13(9-14(12)16)10-15-17(24)21(4)19(26)22(5)18(15)25/h7-11H,1-6H3. The Hall–Kier alpha value is -2.89. The molecule has 1 fully saturated rings. The third-order valence-electron chi connectivity index (χ3n) is 5.20. The van der Waals surface area contributed by atoms with E-state index in [1.54, 1.807) is 6.08 Å². The summed E-state index contributed by atoms with van der Waals surface area (Å²) in [6.45, 7) is 6.36. The van der Waals surface area contributed by atoms with Crippen LogP contribution in [-0.2, 0) is 9.59 Å². The minimum atomic E-state index is -0.620. The zero-order valence-electron chi connectivity index (χ0n) is 16.0. The van der Waals surface area contributed by atoms with Crippen LogP contribution in [-0.4, -0.2) is 54.3 Å². The van der Waals surface area contributed by atoms with Gasteiger partial charge in [-0.2, -0.15) is 0 Å². The van der Waals surface area contributed by atoms with Gasteiger partial charge in [0.15, 0.2) is 0 Å². The first-order chi connectivity index (χ1) is 12.0. The van der Waals surface area contributed by atoms with E-state index in [-0.39, 0.29) is 11.1 Å². The fourth-order valence-corrected chi connectivity index (χ4v) is 3.41. The first-order valence-corrected chi connectivity index (χ1v) is 8.44. The maximum absolute atomic E-state index is 12.4. The number of carbonyl (C=O) groups excluding carboxylic acids is 3. The van der Waals surface area contributed by atoms with Crippen LogP contribution in [0.2, 0.25) is 0 Å². The van der Waals surface area contributed by atoms with Gasteiger partial charge in [0.25, 0.3) is 11.8 Å². The molecule has 2 aliphatic heterocycles. The van der Waals surface area contributed by atoms with Crippen LogP contribution in [0.25, 0.3) is 11.6 Å². The molecule has 0 atom stereocenters. The summed E-state index contributed by atoms with van der Waals surface area (Å²) in [5.41, 5.74) is 3.96. The first-order valence-electron chi connectivity index (χ1n) is 8.44. The van der Waals surface area contributed by atoms with Crippen molar-refractivity contribution in [1.29, 1.82) is 0 Å². The normalized spacial score (nSPS) is 19.6. The van der Waals surface area contributed by atoms with Crippen molar-refractivity contribution in [3.8, 4) is 0 Å². The van der Waals surface area contributed by atoms with Crippen molar-refractivity contribution in [3.05, 3.63) is 41.0 Å². The van der Waals surface area contributed by atoms with Crippen molar-refractivity contribution in [2.24, 2.45) is 0 Å². The second-order valence-electron chi connectivity index (χ2n) is 7.39. The minimum Gasteiger partial charge on any atom is -0.366 e. The number of fused-ring (bicyclic) bond motifs is 1. The molecule has 1 aromatic rings. The fraction of sp³-hybridized carbons (Fsp3) is 0.350. The Morgan fingerprint density at radius 2 is 1.54 bits per heavy atom. The quantitative estimate of drug-likeness (QED) is 0.575. The molecule has 26 heavy (non-hydrogen) atoms. The summed E-state index contributed by atoms with van der Waals surface area (Å²) in [5.74, 6) is -1.16. The van der Waals surface area contributed by atoms with Gasteiger partial charge in [-0.1, -0.05) is 12.1 Å². The third kappa shape index (κ3) is 2.62. The molecule has 4 amide bonds. The smallest absolute Gasteiger partial charge is 0.333 e. The Kier molecular flexibility index (Phi) is 4.02. The maximum Gasteiger partial charge on any atom is 0.333 e. The van der Waals surface area contributed by atoms with Crippen molar-refractivity contribution >= 4 is 35.2 Å². The number of hydrogen-bond donors (Lipinski definition) is 0. The summed E-state index contributed by atoms with van der Waals surface area (Å²) < 4.78 is 0. The van der Waals surface area contributed by atoms with Gasteiger partial charge in [-0.3, -0.25) is 19.4 Å². The molecule has 0 saturated carbocycles. The highest BCUT2D eigenvalue weighted by atomic mass is 16.2. The number of imide groups is 2. The number of rotatable bonds is 1. The maximum atomic E-state index is 12.4. The van der Waals surface area contributed by atoms with Crippen LogP contribution < -0.4 is 4.90 Å². The summed E-state index contributed by atoms with van der Waals surface area (Å²) in [7, 11) is 4.79. The molecule has 2 aliphatic rings. The molecule has 0 aliphatic carbocycles.